The topological polar surface area (TPSA) is 29.3 Å². The normalized spacial score (nSPS) is 22.4. The van der Waals surface area contributed by atoms with Crippen molar-refractivity contribution in [2.24, 2.45) is 5.73 Å². The summed E-state index contributed by atoms with van der Waals surface area (Å²) in [6, 6.07) is 9.48. The van der Waals surface area contributed by atoms with Gasteiger partial charge < -0.3 is 5.73 Å². The fourth-order valence-electron chi connectivity index (χ4n) is 3.43. The van der Waals surface area contributed by atoms with Crippen LogP contribution in [0.1, 0.15) is 31.2 Å². The maximum absolute atomic E-state index is 5.80. The molecule has 2 aliphatic rings. The van der Waals surface area contributed by atoms with Crippen molar-refractivity contribution in [2.75, 3.05) is 13.1 Å². The number of fused-ring (bicyclic) bond motifs is 1. The van der Waals surface area contributed by atoms with Gasteiger partial charge in [0, 0.05) is 29.3 Å². The van der Waals surface area contributed by atoms with Crippen molar-refractivity contribution in [2.45, 2.75) is 48.3 Å². The molecule has 1 aromatic carbocycles. The second kappa shape index (κ2) is 6.46. The molecule has 1 saturated carbocycles. The standard InChI is InChI=1S/C16H22N2S2/c17-16(19)11-18(13-6-2-3-7-13)10-14-9-12-5-1-4-8-15(12)20-14/h1,4-5,8,13-14H,2-3,6-7,9-11H2,(H2,17,19). The van der Waals surface area contributed by atoms with Crippen molar-refractivity contribution in [3.05, 3.63) is 29.8 Å². The maximum atomic E-state index is 5.80. The second-order valence-electron chi connectivity index (χ2n) is 5.89. The van der Waals surface area contributed by atoms with Crippen molar-refractivity contribution in [3.8, 4) is 0 Å². The average Bonchev–Trinajstić information content (AvgIpc) is 3.06. The number of benzene rings is 1. The summed E-state index contributed by atoms with van der Waals surface area (Å²) in [6.07, 6.45) is 6.52. The molecule has 0 bridgehead atoms. The monoisotopic (exact) mass is 306 g/mol. The van der Waals surface area contributed by atoms with Gasteiger partial charge in [0.1, 0.15) is 0 Å². The highest BCUT2D eigenvalue weighted by molar-refractivity contribution is 8.00. The van der Waals surface area contributed by atoms with E-state index >= 15 is 0 Å². The van der Waals surface area contributed by atoms with Crippen molar-refractivity contribution >= 4 is 29.0 Å². The first kappa shape index (κ1) is 14.4. The van der Waals surface area contributed by atoms with E-state index in [4.69, 9.17) is 18.0 Å². The van der Waals surface area contributed by atoms with Crippen molar-refractivity contribution < 1.29 is 0 Å². The van der Waals surface area contributed by atoms with Crippen LogP contribution in [0.25, 0.3) is 0 Å². The molecule has 0 radical (unpaired) electrons. The molecule has 1 unspecified atom stereocenters. The molecule has 108 valence electrons. The van der Waals surface area contributed by atoms with E-state index in [1.807, 2.05) is 11.8 Å². The predicted molar refractivity (Wildman–Crippen MR) is 90.4 cm³/mol. The highest BCUT2D eigenvalue weighted by atomic mass is 32.2. The number of thioether (sulfide) groups is 1. The van der Waals surface area contributed by atoms with E-state index < -0.39 is 0 Å². The average molecular weight is 307 g/mol. The summed E-state index contributed by atoms with van der Waals surface area (Å²) < 4.78 is 0. The number of nitrogens with two attached hydrogens (primary N) is 1. The second-order valence-corrected chi connectivity index (χ2v) is 7.75. The molecule has 0 aromatic heterocycles. The van der Waals surface area contributed by atoms with Gasteiger partial charge in [-0.2, -0.15) is 0 Å². The third kappa shape index (κ3) is 3.35. The molecule has 3 rings (SSSR count). The van der Waals surface area contributed by atoms with Crippen LogP contribution in [0, 0.1) is 0 Å². The maximum Gasteiger partial charge on any atom is 0.0870 e. The molecule has 1 aromatic rings. The van der Waals surface area contributed by atoms with Gasteiger partial charge in [-0.25, -0.2) is 0 Å². The van der Waals surface area contributed by atoms with Crippen molar-refractivity contribution in [1.29, 1.82) is 0 Å². The Morgan fingerprint density at radius 3 is 2.75 bits per heavy atom. The molecule has 1 atom stereocenters. The minimum Gasteiger partial charge on any atom is -0.392 e. The number of hydrogen-bond acceptors (Lipinski definition) is 3. The zero-order valence-electron chi connectivity index (χ0n) is 11.8. The Morgan fingerprint density at radius 2 is 2.05 bits per heavy atom. The number of nitrogens with zero attached hydrogens (tertiary/aromatic N) is 1. The summed E-state index contributed by atoms with van der Waals surface area (Å²) in [5.41, 5.74) is 7.31. The summed E-state index contributed by atoms with van der Waals surface area (Å²) >= 11 is 7.17. The molecule has 0 spiro atoms. The van der Waals surface area contributed by atoms with Gasteiger partial charge in [-0.15, -0.1) is 11.8 Å². The smallest absolute Gasteiger partial charge is 0.0870 e. The largest absolute Gasteiger partial charge is 0.392 e. The van der Waals surface area contributed by atoms with Gasteiger partial charge in [0.25, 0.3) is 0 Å². The summed E-state index contributed by atoms with van der Waals surface area (Å²) in [7, 11) is 0. The number of thiocarbonyl (C=S) groups is 1. The van der Waals surface area contributed by atoms with Crippen molar-refractivity contribution in [1.82, 2.24) is 4.90 Å². The lowest BCUT2D eigenvalue weighted by Gasteiger charge is -2.30. The van der Waals surface area contributed by atoms with Crippen LogP contribution in [0.4, 0.5) is 0 Å². The van der Waals surface area contributed by atoms with E-state index in [-0.39, 0.29) is 0 Å². The van der Waals surface area contributed by atoms with Crippen LogP contribution in [0.2, 0.25) is 0 Å². The van der Waals surface area contributed by atoms with E-state index in [1.54, 1.807) is 0 Å². The van der Waals surface area contributed by atoms with E-state index in [1.165, 1.54) is 42.6 Å². The van der Waals surface area contributed by atoms with Gasteiger partial charge in [-0.1, -0.05) is 43.3 Å². The zero-order valence-corrected chi connectivity index (χ0v) is 13.4. The molecule has 0 saturated heterocycles. The molecule has 0 amide bonds. The fourth-order valence-corrected chi connectivity index (χ4v) is 4.94. The van der Waals surface area contributed by atoms with Crippen molar-refractivity contribution in [3.63, 3.8) is 0 Å². The van der Waals surface area contributed by atoms with E-state index in [0.29, 0.717) is 16.3 Å². The zero-order chi connectivity index (χ0) is 13.9. The SMILES string of the molecule is NC(=S)CN(CC1Cc2ccccc2S1)C1CCCC1. The first-order valence-electron chi connectivity index (χ1n) is 7.49. The molecule has 1 fully saturated rings. The summed E-state index contributed by atoms with van der Waals surface area (Å²) in [6.45, 7) is 1.90. The van der Waals surface area contributed by atoms with Gasteiger partial charge in [0.05, 0.1) is 4.99 Å². The van der Waals surface area contributed by atoms with Gasteiger partial charge in [-0.05, 0) is 30.9 Å². The van der Waals surface area contributed by atoms with Gasteiger partial charge >= 0.3 is 0 Å². The molecular weight excluding hydrogens is 284 g/mol. The molecule has 1 aliphatic carbocycles. The Morgan fingerprint density at radius 1 is 1.30 bits per heavy atom. The molecule has 4 heteroatoms. The third-order valence-corrected chi connectivity index (χ3v) is 5.78. The number of hydrogen-bond donors (Lipinski definition) is 1. The van der Waals surface area contributed by atoms with Crippen LogP contribution in [-0.4, -0.2) is 34.3 Å². The van der Waals surface area contributed by atoms with Gasteiger partial charge in [0.15, 0.2) is 0 Å². The van der Waals surface area contributed by atoms with E-state index in [2.05, 4.69) is 29.2 Å². The minimum atomic E-state index is 0.636. The highest BCUT2D eigenvalue weighted by Gasteiger charge is 2.28. The molecule has 1 heterocycles. The first-order valence-corrected chi connectivity index (χ1v) is 8.78. The van der Waals surface area contributed by atoms with E-state index in [9.17, 15) is 0 Å². The molecule has 1 aliphatic heterocycles. The predicted octanol–water partition coefficient (Wildman–Crippen LogP) is 3.23. The van der Waals surface area contributed by atoms with Crippen LogP contribution in [0.3, 0.4) is 0 Å². The fraction of sp³-hybridized carbons (Fsp3) is 0.562. The van der Waals surface area contributed by atoms with Crippen LogP contribution in [0.15, 0.2) is 29.2 Å². The minimum absolute atomic E-state index is 0.636. The molecule has 20 heavy (non-hydrogen) atoms. The van der Waals surface area contributed by atoms with Crippen LogP contribution in [-0.2, 0) is 6.42 Å². The number of rotatable bonds is 5. The Kier molecular flexibility index (Phi) is 4.64. The summed E-state index contributed by atoms with van der Waals surface area (Å²) in [4.78, 5) is 4.63. The lowest BCUT2D eigenvalue weighted by molar-refractivity contribution is 0.228. The summed E-state index contributed by atoms with van der Waals surface area (Å²) in [5, 5.41) is 0.655. The lowest BCUT2D eigenvalue weighted by atomic mass is 10.1. The van der Waals surface area contributed by atoms with Crippen LogP contribution < -0.4 is 5.73 Å². The lowest BCUT2D eigenvalue weighted by Crippen LogP contribution is -2.43. The molecule has 2 N–H and O–H groups in total. The Balaban J connectivity index is 1.64. The highest BCUT2D eigenvalue weighted by Crippen LogP contribution is 2.37. The molecule has 2 nitrogen and oxygen atoms in total. The molecular formula is C16H22N2S2. The first-order chi connectivity index (χ1) is 9.72. The van der Waals surface area contributed by atoms with Gasteiger partial charge in [-0.3, -0.25) is 4.90 Å². The Labute approximate surface area is 131 Å². The Hall–Kier alpha value is -0.580. The van der Waals surface area contributed by atoms with Crippen LogP contribution in [0.5, 0.6) is 0 Å². The van der Waals surface area contributed by atoms with E-state index in [0.717, 1.165) is 13.1 Å². The third-order valence-electron chi connectivity index (χ3n) is 4.35. The summed E-state index contributed by atoms with van der Waals surface area (Å²) in [5.74, 6) is 0. The van der Waals surface area contributed by atoms with Crippen LogP contribution >= 0.6 is 24.0 Å². The Bertz CT molecular complexity index is 458. The van der Waals surface area contributed by atoms with Gasteiger partial charge in [0.2, 0.25) is 0 Å². The quantitative estimate of drug-likeness (QED) is 0.846.